The Bertz CT molecular complexity index is 1110. The molecule has 29 heavy (non-hydrogen) atoms. The second kappa shape index (κ2) is 8.26. The molecule has 9 heteroatoms. The van der Waals surface area contributed by atoms with Gasteiger partial charge in [-0.2, -0.15) is 0 Å². The molecular formula is C20H17N5O4. The van der Waals surface area contributed by atoms with E-state index in [1.54, 1.807) is 50.2 Å². The molecule has 0 unspecified atom stereocenters. The van der Waals surface area contributed by atoms with E-state index in [2.05, 4.69) is 20.6 Å². The van der Waals surface area contributed by atoms with Crippen molar-refractivity contribution in [2.24, 2.45) is 0 Å². The average molecular weight is 391 g/mol. The van der Waals surface area contributed by atoms with Crippen molar-refractivity contribution in [1.82, 2.24) is 9.97 Å². The van der Waals surface area contributed by atoms with Crippen molar-refractivity contribution in [2.75, 3.05) is 10.6 Å². The van der Waals surface area contributed by atoms with E-state index in [4.69, 9.17) is 0 Å². The zero-order chi connectivity index (χ0) is 21.0. The van der Waals surface area contributed by atoms with Crippen LogP contribution in [0, 0.1) is 24.0 Å². The van der Waals surface area contributed by atoms with E-state index in [0.717, 1.165) is 6.07 Å². The molecule has 0 aliphatic carbocycles. The van der Waals surface area contributed by atoms with Crippen LogP contribution in [0.25, 0.3) is 0 Å². The molecule has 146 valence electrons. The molecule has 1 aromatic carbocycles. The number of amides is 2. The Labute approximate surface area is 166 Å². The zero-order valence-corrected chi connectivity index (χ0v) is 15.7. The second-order valence-corrected chi connectivity index (χ2v) is 6.23. The summed E-state index contributed by atoms with van der Waals surface area (Å²) in [5, 5.41) is 16.6. The molecule has 3 aromatic rings. The molecule has 2 heterocycles. The number of nitro groups is 1. The van der Waals surface area contributed by atoms with Gasteiger partial charge in [-0.25, -0.2) is 9.97 Å². The molecule has 0 atom stereocenters. The highest BCUT2D eigenvalue weighted by Crippen LogP contribution is 2.22. The first kappa shape index (κ1) is 19.6. The number of rotatable bonds is 5. The number of aryl methyl sites for hydroxylation is 2. The number of carbonyl (C=O) groups is 2. The van der Waals surface area contributed by atoms with Crippen molar-refractivity contribution >= 4 is 29.1 Å². The van der Waals surface area contributed by atoms with Crippen LogP contribution >= 0.6 is 0 Å². The number of nitrogens with one attached hydrogen (secondary N) is 2. The molecule has 0 saturated carbocycles. The molecule has 2 amide bonds. The first-order valence-corrected chi connectivity index (χ1v) is 8.62. The minimum atomic E-state index is -0.708. The fourth-order valence-corrected chi connectivity index (χ4v) is 2.61. The van der Waals surface area contributed by atoms with Crippen molar-refractivity contribution < 1.29 is 14.5 Å². The molecule has 0 bridgehead atoms. The standard InChI is InChI=1S/C20H17N5O4/c1-12-5-3-7-17(21-12)23-19(26)14-9-10-15(16(11-14)25(28)29)20(27)24-18-8-4-6-13(2)22-18/h3-11H,1-2H3,(H,21,23,26)(H,22,24,27). The Balaban J connectivity index is 1.85. The monoisotopic (exact) mass is 391 g/mol. The molecule has 0 radical (unpaired) electrons. The predicted octanol–water partition coefficient (Wildman–Crippen LogP) is 3.51. The van der Waals surface area contributed by atoms with E-state index in [9.17, 15) is 19.7 Å². The number of carbonyl (C=O) groups excluding carboxylic acids is 2. The van der Waals surface area contributed by atoms with Gasteiger partial charge in [0.1, 0.15) is 17.2 Å². The third kappa shape index (κ3) is 4.78. The summed E-state index contributed by atoms with van der Waals surface area (Å²) in [7, 11) is 0. The summed E-state index contributed by atoms with van der Waals surface area (Å²) >= 11 is 0. The van der Waals surface area contributed by atoms with Crippen LogP contribution in [-0.4, -0.2) is 26.7 Å². The van der Waals surface area contributed by atoms with Crippen molar-refractivity contribution in [3.05, 3.63) is 87.2 Å². The highest BCUT2D eigenvalue weighted by atomic mass is 16.6. The van der Waals surface area contributed by atoms with Gasteiger partial charge in [0.25, 0.3) is 17.5 Å². The fourth-order valence-electron chi connectivity index (χ4n) is 2.61. The molecule has 0 aliphatic heterocycles. The Morgan fingerprint density at radius 3 is 1.93 bits per heavy atom. The number of aromatic nitrogens is 2. The maximum Gasteiger partial charge on any atom is 0.282 e. The van der Waals surface area contributed by atoms with E-state index in [1.165, 1.54) is 12.1 Å². The minimum absolute atomic E-state index is 0.0326. The Morgan fingerprint density at radius 1 is 0.862 bits per heavy atom. The van der Waals surface area contributed by atoms with Crippen LogP contribution in [0.2, 0.25) is 0 Å². The van der Waals surface area contributed by atoms with E-state index in [0.29, 0.717) is 17.2 Å². The highest BCUT2D eigenvalue weighted by Gasteiger charge is 2.23. The van der Waals surface area contributed by atoms with Gasteiger partial charge in [-0.3, -0.25) is 19.7 Å². The molecule has 2 aromatic heterocycles. The Morgan fingerprint density at radius 2 is 1.41 bits per heavy atom. The van der Waals surface area contributed by atoms with Gasteiger partial charge in [0.2, 0.25) is 0 Å². The van der Waals surface area contributed by atoms with Crippen molar-refractivity contribution in [1.29, 1.82) is 0 Å². The quantitative estimate of drug-likeness (QED) is 0.506. The molecular weight excluding hydrogens is 374 g/mol. The smallest absolute Gasteiger partial charge is 0.282 e. The van der Waals surface area contributed by atoms with Crippen LogP contribution in [0.4, 0.5) is 17.3 Å². The van der Waals surface area contributed by atoms with Crippen LogP contribution < -0.4 is 10.6 Å². The van der Waals surface area contributed by atoms with Gasteiger partial charge in [-0.15, -0.1) is 0 Å². The average Bonchev–Trinajstić information content (AvgIpc) is 2.67. The lowest BCUT2D eigenvalue weighted by molar-refractivity contribution is -0.385. The van der Waals surface area contributed by atoms with Crippen molar-refractivity contribution in [3.8, 4) is 0 Å². The number of hydrogen-bond donors (Lipinski definition) is 2. The molecule has 0 aliphatic rings. The van der Waals surface area contributed by atoms with E-state index < -0.39 is 22.4 Å². The Kier molecular flexibility index (Phi) is 5.59. The largest absolute Gasteiger partial charge is 0.307 e. The van der Waals surface area contributed by atoms with Gasteiger partial charge >= 0.3 is 0 Å². The van der Waals surface area contributed by atoms with Crippen LogP contribution in [-0.2, 0) is 0 Å². The van der Waals surface area contributed by atoms with Crippen LogP contribution in [0.3, 0.4) is 0 Å². The number of nitro benzene ring substituents is 1. The maximum absolute atomic E-state index is 12.5. The highest BCUT2D eigenvalue weighted by molar-refractivity contribution is 6.09. The normalized spacial score (nSPS) is 10.3. The summed E-state index contributed by atoms with van der Waals surface area (Å²) < 4.78 is 0. The van der Waals surface area contributed by atoms with Gasteiger partial charge in [0.05, 0.1) is 4.92 Å². The molecule has 0 spiro atoms. The number of hydrogen-bond acceptors (Lipinski definition) is 6. The lowest BCUT2D eigenvalue weighted by Crippen LogP contribution is -2.17. The lowest BCUT2D eigenvalue weighted by atomic mass is 10.1. The molecule has 3 rings (SSSR count). The van der Waals surface area contributed by atoms with Crippen LogP contribution in [0.5, 0.6) is 0 Å². The predicted molar refractivity (Wildman–Crippen MR) is 107 cm³/mol. The molecule has 2 N–H and O–H groups in total. The molecule has 0 fully saturated rings. The zero-order valence-electron chi connectivity index (χ0n) is 15.7. The third-order valence-electron chi connectivity index (χ3n) is 3.96. The second-order valence-electron chi connectivity index (χ2n) is 6.23. The summed E-state index contributed by atoms with van der Waals surface area (Å²) in [6.07, 6.45) is 0. The maximum atomic E-state index is 12.5. The van der Waals surface area contributed by atoms with E-state index in [-0.39, 0.29) is 16.9 Å². The summed E-state index contributed by atoms with van der Waals surface area (Å²) in [5.41, 5.74) is 0.772. The van der Waals surface area contributed by atoms with Gasteiger partial charge in [0, 0.05) is 23.0 Å². The lowest BCUT2D eigenvalue weighted by Gasteiger charge is -2.08. The summed E-state index contributed by atoms with van der Waals surface area (Å²) in [5.74, 6) is -0.665. The third-order valence-corrected chi connectivity index (χ3v) is 3.96. The van der Waals surface area contributed by atoms with Gasteiger partial charge in [0.15, 0.2) is 0 Å². The van der Waals surface area contributed by atoms with Gasteiger partial charge in [-0.1, -0.05) is 12.1 Å². The molecule has 9 nitrogen and oxygen atoms in total. The van der Waals surface area contributed by atoms with Gasteiger partial charge < -0.3 is 10.6 Å². The summed E-state index contributed by atoms with van der Waals surface area (Å²) in [6, 6.07) is 13.8. The van der Waals surface area contributed by atoms with E-state index >= 15 is 0 Å². The first-order chi connectivity index (χ1) is 13.8. The number of nitrogens with zero attached hydrogens (tertiary/aromatic N) is 3. The van der Waals surface area contributed by atoms with Crippen LogP contribution in [0.15, 0.2) is 54.6 Å². The first-order valence-electron chi connectivity index (χ1n) is 8.62. The summed E-state index contributed by atoms with van der Waals surface area (Å²) in [4.78, 5) is 44.0. The number of pyridine rings is 2. The topological polar surface area (TPSA) is 127 Å². The Hall–Kier alpha value is -4.14. The summed E-state index contributed by atoms with van der Waals surface area (Å²) in [6.45, 7) is 3.53. The van der Waals surface area contributed by atoms with Crippen molar-refractivity contribution in [2.45, 2.75) is 13.8 Å². The minimum Gasteiger partial charge on any atom is -0.307 e. The van der Waals surface area contributed by atoms with E-state index in [1.807, 2.05) is 0 Å². The number of anilines is 2. The van der Waals surface area contributed by atoms with Crippen LogP contribution in [0.1, 0.15) is 32.1 Å². The van der Waals surface area contributed by atoms with Gasteiger partial charge in [-0.05, 0) is 50.2 Å². The van der Waals surface area contributed by atoms with Crippen molar-refractivity contribution in [3.63, 3.8) is 0 Å². The fraction of sp³-hybridized carbons (Fsp3) is 0.100. The number of benzene rings is 1. The SMILES string of the molecule is Cc1cccc(NC(=O)c2ccc(C(=O)Nc3cccc(C)n3)c([N+](=O)[O-])c2)n1. The molecule has 0 saturated heterocycles.